The maximum absolute atomic E-state index is 13.2. The lowest BCUT2D eigenvalue weighted by Gasteiger charge is -2.20. The van der Waals surface area contributed by atoms with Gasteiger partial charge in [0.05, 0.1) is 19.7 Å². The first-order chi connectivity index (χ1) is 15.0. The van der Waals surface area contributed by atoms with Crippen LogP contribution in [0.25, 0.3) is 10.9 Å². The smallest absolute Gasteiger partial charge is 0.252 e. The molecule has 0 aliphatic heterocycles. The van der Waals surface area contributed by atoms with Gasteiger partial charge in [0.2, 0.25) is 0 Å². The summed E-state index contributed by atoms with van der Waals surface area (Å²) in [5.41, 5.74) is 2.01. The number of benzene rings is 2. The van der Waals surface area contributed by atoms with Crippen LogP contribution in [0.2, 0.25) is 5.15 Å². The van der Waals surface area contributed by atoms with Gasteiger partial charge >= 0.3 is 0 Å². The third kappa shape index (κ3) is 4.32. The Hall–Kier alpha value is -3.58. The molecule has 0 saturated carbocycles. The Kier molecular flexibility index (Phi) is 5.77. The summed E-state index contributed by atoms with van der Waals surface area (Å²) in [6.45, 7) is 0. The molecule has 1 unspecified atom stereocenters. The average Bonchev–Trinajstić information content (AvgIpc) is 3.21. The number of nitrogens with one attached hydrogen (secondary N) is 1. The summed E-state index contributed by atoms with van der Waals surface area (Å²) in [5, 5.41) is 4.33. The van der Waals surface area contributed by atoms with Gasteiger partial charge in [-0.25, -0.2) is 9.97 Å². The van der Waals surface area contributed by atoms with Gasteiger partial charge in [0.25, 0.3) is 5.91 Å². The Morgan fingerprint density at radius 2 is 1.81 bits per heavy atom. The van der Waals surface area contributed by atoms with Crippen molar-refractivity contribution in [1.29, 1.82) is 0 Å². The van der Waals surface area contributed by atoms with E-state index >= 15 is 0 Å². The van der Waals surface area contributed by atoms with E-state index in [1.54, 1.807) is 50.7 Å². The number of hydrogen-bond acceptors (Lipinski definition) is 5. The SMILES string of the molecule is COc1cc(OC)cc(C(NC(=O)c2ccc3nc(Cl)ccc3c2)c2nccn2C)c1. The lowest BCUT2D eigenvalue weighted by molar-refractivity contribution is 0.0941. The molecule has 4 aromatic rings. The van der Waals surface area contributed by atoms with Crippen LogP contribution in [0.4, 0.5) is 0 Å². The number of carbonyl (C=O) groups is 1. The molecule has 1 amide bonds. The number of rotatable bonds is 6. The van der Waals surface area contributed by atoms with Gasteiger partial charge in [0.15, 0.2) is 0 Å². The summed E-state index contributed by atoms with van der Waals surface area (Å²) in [4.78, 5) is 21.9. The number of aromatic nitrogens is 3. The molecule has 0 radical (unpaired) electrons. The Labute approximate surface area is 184 Å². The van der Waals surface area contributed by atoms with Crippen molar-refractivity contribution >= 4 is 28.4 Å². The van der Waals surface area contributed by atoms with E-state index in [9.17, 15) is 4.79 Å². The summed E-state index contributed by atoms with van der Waals surface area (Å²) in [7, 11) is 5.05. The Balaban J connectivity index is 1.73. The number of amides is 1. The van der Waals surface area contributed by atoms with E-state index < -0.39 is 6.04 Å². The number of aryl methyl sites for hydroxylation is 1. The second-order valence-electron chi connectivity index (χ2n) is 6.99. The van der Waals surface area contributed by atoms with Crippen LogP contribution >= 0.6 is 11.6 Å². The topological polar surface area (TPSA) is 78.3 Å². The van der Waals surface area contributed by atoms with E-state index in [2.05, 4.69) is 15.3 Å². The molecule has 0 fully saturated rings. The Morgan fingerprint density at radius 3 is 2.45 bits per heavy atom. The van der Waals surface area contributed by atoms with Crippen LogP contribution in [0.1, 0.15) is 27.8 Å². The predicted molar refractivity (Wildman–Crippen MR) is 119 cm³/mol. The van der Waals surface area contributed by atoms with Crippen LogP contribution in [0, 0.1) is 0 Å². The van der Waals surface area contributed by atoms with E-state index in [1.165, 1.54) is 0 Å². The second-order valence-corrected chi connectivity index (χ2v) is 7.38. The number of pyridine rings is 1. The summed E-state index contributed by atoms with van der Waals surface area (Å²) < 4.78 is 12.7. The van der Waals surface area contributed by atoms with E-state index in [-0.39, 0.29) is 5.91 Å². The number of halogens is 1. The molecule has 2 aromatic carbocycles. The molecular weight excluding hydrogens is 416 g/mol. The van der Waals surface area contributed by atoms with Gasteiger partial charge in [0.1, 0.15) is 28.5 Å². The fourth-order valence-corrected chi connectivity index (χ4v) is 3.56. The van der Waals surface area contributed by atoms with Crippen molar-refractivity contribution in [3.05, 3.63) is 83.0 Å². The lowest BCUT2D eigenvalue weighted by Crippen LogP contribution is -2.31. The highest BCUT2D eigenvalue weighted by molar-refractivity contribution is 6.29. The van der Waals surface area contributed by atoms with Crippen molar-refractivity contribution in [2.45, 2.75) is 6.04 Å². The minimum atomic E-state index is -0.518. The molecule has 2 aromatic heterocycles. The van der Waals surface area contributed by atoms with Crippen molar-refractivity contribution in [1.82, 2.24) is 19.9 Å². The van der Waals surface area contributed by atoms with E-state index in [0.717, 1.165) is 16.5 Å². The summed E-state index contributed by atoms with van der Waals surface area (Å²) in [5.74, 6) is 1.68. The molecule has 7 nitrogen and oxygen atoms in total. The zero-order chi connectivity index (χ0) is 22.0. The summed E-state index contributed by atoms with van der Waals surface area (Å²) in [6, 6.07) is 13.8. The molecule has 1 atom stereocenters. The molecule has 0 spiro atoms. The first-order valence-corrected chi connectivity index (χ1v) is 9.93. The van der Waals surface area contributed by atoms with Gasteiger partial charge in [-0.15, -0.1) is 0 Å². The quantitative estimate of drug-likeness (QED) is 0.459. The van der Waals surface area contributed by atoms with Gasteiger partial charge in [-0.3, -0.25) is 4.79 Å². The molecule has 2 heterocycles. The number of hydrogen-bond donors (Lipinski definition) is 1. The molecule has 8 heteroatoms. The van der Waals surface area contributed by atoms with Crippen molar-refractivity contribution in [2.24, 2.45) is 7.05 Å². The van der Waals surface area contributed by atoms with Crippen LogP contribution in [-0.2, 0) is 7.05 Å². The highest BCUT2D eigenvalue weighted by Crippen LogP contribution is 2.30. The molecular formula is C23H21ClN4O3. The average molecular weight is 437 g/mol. The maximum atomic E-state index is 13.2. The molecule has 158 valence electrons. The van der Waals surface area contributed by atoms with E-state index in [4.69, 9.17) is 21.1 Å². The Bertz CT molecular complexity index is 1230. The maximum Gasteiger partial charge on any atom is 0.252 e. The third-order valence-corrected chi connectivity index (χ3v) is 5.23. The monoisotopic (exact) mass is 436 g/mol. The van der Waals surface area contributed by atoms with Gasteiger partial charge < -0.3 is 19.4 Å². The highest BCUT2D eigenvalue weighted by Gasteiger charge is 2.23. The van der Waals surface area contributed by atoms with Crippen molar-refractivity contribution < 1.29 is 14.3 Å². The first-order valence-electron chi connectivity index (χ1n) is 9.56. The zero-order valence-corrected chi connectivity index (χ0v) is 18.1. The minimum Gasteiger partial charge on any atom is -0.497 e. The molecule has 0 aliphatic rings. The predicted octanol–water partition coefficient (Wildman–Crippen LogP) is 4.16. The van der Waals surface area contributed by atoms with E-state index in [1.807, 2.05) is 36.0 Å². The minimum absolute atomic E-state index is 0.244. The van der Waals surface area contributed by atoms with Crippen LogP contribution in [0.15, 0.2) is 60.9 Å². The lowest BCUT2D eigenvalue weighted by atomic mass is 10.0. The van der Waals surface area contributed by atoms with Crippen molar-refractivity contribution in [3.8, 4) is 11.5 Å². The highest BCUT2D eigenvalue weighted by atomic mass is 35.5. The number of nitrogens with zero attached hydrogens (tertiary/aromatic N) is 3. The largest absolute Gasteiger partial charge is 0.497 e. The van der Waals surface area contributed by atoms with Crippen LogP contribution in [0.3, 0.4) is 0 Å². The van der Waals surface area contributed by atoms with Gasteiger partial charge in [0, 0.05) is 36.5 Å². The van der Waals surface area contributed by atoms with Crippen molar-refractivity contribution in [2.75, 3.05) is 14.2 Å². The standard InChI is InChI=1S/C23H21ClN4O3/c1-28-9-8-25-22(28)21(16-11-17(30-2)13-18(12-16)31-3)27-23(29)15-4-6-19-14(10-15)5-7-20(24)26-19/h4-13,21H,1-3H3,(H,27,29). The fraction of sp³-hybridized carbons (Fsp3) is 0.174. The number of imidazole rings is 1. The van der Waals surface area contributed by atoms with Crippen LogP contribution in [0.5, 0.6) is 11.5 Å². The van der Waals surface area contributed by atoms with Gasteiger partial charge in [-0.05, 0) is 48.0 Å². The van der Waals surface area contributed by atoms with Crippen molar-refractivity contribution in [3.63, 3.8) is 0 Å². The molecule has 0 saturated heterocycles. The molecule has 0 bridgehead atoms. The third-order valence-electron chi connectivity index (χ3n) is 5.02. The molecule has 31 heavy (non-hydrogen) atoms. The van der Waals surface area contributed by atoms with Gasteiger partial charge in [-0.2, -0.15) is 0 Å². The number of carbonyl (C=O) groups excluding carboxylic acids is 1. The fourth-order valence-electron chi connectivity index (χ4n) is 3.40. The first kappa shape index (κ1) is 20.7. The van der Waals surface area contributed by atoms with Crippen LogP contribution < -0.4 is 14.8 Å². The summed E-state index contributed by atoms with van der Waals surface area (Å²) in [6.07, 6.45) is 3.52. The zero-order valence-electron chi connectivity index (χ0n) is 17.3. The van der Waals surface area contributed by atoms with E-state index in [0.29, 0.717) is 28.0 Å². The Morgan fingerprint density at radius 1 is 1.06 bits per heavy atom. The molecule has 1 N–H and O–H groups in total. The number of ether oxygens (including phenoxy) is 2. The normalized spacial score (nSPS) is 11.9. The van der Waals surface area contributed by atoms with Gasteiger partial charge in [-0.1, -0.05) is 11.6 Å². The molecule has 0 aliphatic carbocycles. The second kappa shape index (κ2) is 8.65. The van der Waals surface area contributed by atoms with Crippen LogP contribution in [-0.4, -0.2) is 34.7 Å². The summed E-state index contributed by atoms with van der Waals surface area (Å²) >= 11 is 5.96. The number of fused-ring (bicyclic) bond motifs is 1. The number of methoxy groups -OCH3 is 2. The molecule has 4 rings (SSSR count).